The summed E-state index contributed by atoms with van der Waals surface area (Å²) in [6.45, 7) is 8.48. The molecule has 8 nitrogen and oxygen atoms in total. The second-order valence-corrected chi connectivity index (χ2v) is 16.4. The van der Waals surface area contributed by atoms with E-state index in [0.717, 1.165) is 92.9 Å². The maximum Gasteiger partial charge on any atom is 0.509 e. The first-order valence-corrected chi connectivity index (χ1v) is 20.4. The van der Waals surface area contributed by atoms with Crippen LogP contribution in [0.3, 0.4) is 0 Å². The number of rotatable bonds is 16. The van der Waals surface area contributed by atoms with E-state index in [9.17, 15) is 30.3 Å². The predicted octanol–water partition coefficient (Wildman–Crippen LogP) is 9.41. The molecule has 3 aliphatic carbocycles. The fourth-order valence-corrected chi connectivity index (χ4v) is 9.37. The van der Waals surface area contributed by atoms with Gasteiger partial charge in [0.2, 0.25) is 0 Å². The zero-order valence-electron chi connectivity index (χ0n) is 31.2. The van der Waals surface area contributed by atoms with Crippen molar-refractivity contribution in [3.63, 3.8) is 0 Å². The van der Waals surface area contributed by atoms with E-state index in [0.29, 0.717) is 41.5 Å². The lowest BCUT2D eigenvalue weighted by atomic mass is 9.75. The molecule has 0 spiro atoms. The van der Waals surface area contributed by atoms with E-state index in [-0.39, 0.29) is 47.7 Å². The molecule has 1 saturated carbocycles. The minimum Gasteiger partial charge on any atom is -0.508 e. The number of aliphatic hydroxyl groups excluding tert-OH is 3. The average molecular weight is 774 g/mol. The average Bonchev–Trinajstić information content (AvgIpc) is 3.74. The quantitative estimate of drug-likeness (QED) is 0.0647. The lowest BCUT2D eigenvalue weighted by Gasteiger charge is -2.31. The van der Waals surface area contributed by atoms with Crippen LogP contribution in [0.4, 0.5) is 4.79 Å². The summed E-state index contributed by atoms with van der Waals surface area (Å²) in [7, 11) is 0. The van der Waals surface area contributed by atoms with E-state index in [2.05, 4.69) is 20.4 Å². The molecule has 2 aromatic rings. The highest BCUT2D eigenvalue weighted by atomic mass is 35.5. The third-order valence-electron chi connectivity index (χ3n) is 11.9. The number of halogens is 2. The van der Waals surface area contributed by atoms with Crippen molar-refractivity contribution in [2.45, 2.75) is 141 Å². The molecular weight excluding hydrogens is 715 g/mol. The van der Waals surface area contributed by atoms with Crippen LogP contribution in [-0.4, -0.2) is 62.2 Å². The highest BCUT2D eigenvalue weighted by Crippen LogP contribution is 2.48. The lowest BCUT2D eigenvalue weighted by molar-refractivity contribution is 0.0773. The summed E-state index contributed by atoms with van der Waals surface area (Å²) in [6, 6.07) is 8.29. The third kappa shape index (κ3) is 10.3. The Morgan fingerprint density at radius 3 is 2.15 bits per heavy atom. The summed E-state index contributed by atoms with van der Waals surface area (Å²) in [5.41, 5.74) is 4.78. The maximum absolute atomic E-state index is 11.6. The molecule has 53 heavy (non-hydrogen) atoms. The smallest absolute Gasteiger partial charge is 0.508 e. The van der Waals surface area contributed by atoms with Crippen LogP contribution in [0.5, 0.6) is 11.5 Å². The number of unbranched alkanes of at least 4 members (excludes halogenated alkanes) is 4. The Labute approximate surface area is 324 Å². The SMILES string of the molecule is C=C1[C@H]2OC(=O)O[C@H]2[C@H](CC[C@@H](O)CCCCC)[C@H]1Cc1cc(O)ccc1Cl.CCCCC[C@H](O)CC[C@H]1[C@H](O)C=C2Cc3c(O)ccc(Cl)c3C[C@@H]21. The second-order valence-electron chi connectivity index (χ2n) is 15.6. The molecule has 2 fully saturated rings. The molecule has 0 amide bonds. The number of fused-ring (bicyclic) bond motifs is 3. The fraction of sp³-hybridized carbons (Fsp3) is 0.605. The fourth-order valence-electron chi connectivity index (χ4n) is 8.92. The van der Waals surface area contributed by atoms with Gasteiger partial charge < -0.3 is 35.0 Å². The molecule has 1 aliphatic heterocycles. The molecule has 4 aliphatic rings. The van der Waals surface area contributed by atoms with E-state index in [1.807, 2.05) is 6.08 Å². The van der Waals surface area contributed by atoms with E-state index in [1.165, 1.54) is 5.57 Å². The second kappa shape index (κ2) is 19.2. The number of benzene rings is 2. The minimum atomic E-state index is -0.654. The van der Waals surface area contributed by atoms with Gasteiger partial charge in [0.05, 0.1) is 18.3 Å². The number of hydrogen-bond acceptors (Lipinski definition) is 8. The summed E-state index contributed by atoms with van der Waals surface area (Å²) >= 11 is 12.7. The van der Waals surface area contributed by atoms with Gasteiger partial charge in [-0.2, -0.15) is 0 Å². The molecule has 0 unspecified atom stereocenters. The van der Waals surface area contributed by atoms with Crippen LogP contribution < -0.4 is 0 Å². The monoisotopic (exact) mass is 772 g/mol. The maximum atomic E-state index is 11.6. The molecule has 0 radical (unpaired) electrons. The van der Waals surface area contributed by atoms with Crippen LogP contribution in [0.25, 0.3) is 0 Å². The first-order chi connectivity index (χ1) is 25.4. The van der Waals surface area contributed by atoms with Gasteiger partial charge >= 0.3 is 6.16 Å². The number of carbonyl (C=O) groups is 1. The summed E-state index contributed by atoms with van der Waals surface area (Å²) in [6.07, 6.45) is 12.6. The van der Waals surface area contributed by atoms with Gasteiger partial charge in [0.15, 0.2) is 6.10 Å². The van der Waals surface area contributed by atoms with Gasteiger partial charge in [-0.15, -0.1) is 0 Å². The molecule has 292 valence electrons. The first-order valence-electron chi connectivity index (χ1n) is 19.7. The van der Waals surface area contributed by atoms with Crippen molar-refractivity contribution < 1.29 is 39.8 Å². The van der Waals surface area contributed by atoms with Crippen molar-refractivity contribution >= 4 is 29.4 Å². The summed E-state index contributed by atoms with van der Waals surface area (Å²) in [5.74, 6) is 0.872. The third-order valence-corrected chi connectivity index (χ3v) is 12.6. The van der Waals surface area contributed by atoms with Gasteiger partial charge in [0.25, 0.3) is 0 Å². The van der Waals surface area contributed by atoms with Crippen LogP contribution >= 0.6 is 23.2 Å². The Morgan fingerprint density at radius 1 is 0.849 bits per heavy atom. The topological polar surface area (TPSA) is 137 Å². The van der Waals surface area contributed by atoms with Crippen molar-refractivity contribution in [2.75, 3.05) is 0 Å². The van der Waals surface area contributed by atoms with Crippen LogP contribution in [-0.2, 0) is 28.7 Å². The van der Waals surface area contributed by atoms with Gasteiger partial charge in [-0.25, -0.2) is 4.79 Å². The molecule has 2 aromatic carbocycles. The molecule has 1 heterocycles. The van der Waals surface area contributed by atoms with E-state index < -0.39 is 18.4 Å². The largest absolute Gasteiger partial charge is 0.509 e. The Morgan fingerprint density at radius 2 is 1.49 bits per heavy atom. The number of aromatic hydroxyl groups is 2. The van der Waals surface area contributed by atoms with Crippen molar-refractivity contribution in [1.82, 2.24) is 0 Å². The minimum absolute atomic E-state index is 0.00295. The van der Waals surface area contributed by atoms with Crippen LogP contribution in [0.15, 0.2) is 54.1 Å². The number of hydrogen-bond donors (Lipinski definition) is 5. The predicted molar refractivity (Wildman–Crippen MR) is 208 cm³/mol. The van der Waals surface area contributed by atoms with Gasteiger partial charge in [0, 0.05) is 21.5 Å². The molecule has 5 N–H and O–H groups in total. The van der Waals surface area contributed by atoms with Crippen molar-refractivity contribution in [3.05, 3.63) is 80.9 Å². The molecule has 0 aromatic heterocycles. The Balaban J connectivity index is 0.000000206. The van der Waals surface area contributed by atoms with Crippen molar-refractivity contribution in [2.24, 2.45) is 23.7 Å². The number of aliphatic hydroxyl groups is 3. The number of phenols is 2. The summed E-state index contributed by atoms with van der Waals surface area (Å²) < 4.78 is 10.8. The molecule has 6 rings (SSSR count). The van der Waals surface area contributed by atoms with Crippen LogP contribution in [0.1, 0.15) is 108 Å². The van der Waals surface area contributed by atoms with Gasteiger partial charge in [0.1, 0.15) is 17.6 Å². The number of carbonyl (C=O) groups excluding carboxylic acids is 1. The normalized spacial score (nSPS) is 26.8. The van der Waals surface area contributed by atoms with E-state index in [4.69, 9.17) is 32.7 Å². The molecule has 1 saturated heterocycles. The van der Waals surface area contributed by atoms with Crippen molar-refractivity contribution in [1.29, 1.82) is 0 Å². The Bertz CT molecular complexity index is 1590. The zero-order valence-corrected chi connectivity index (χ0v) is 32.7. The molecule has 0 bridgehead atoms. The number of ether oxygens (including phenoxy) is 2. The standard InChI is InChI=1S/C22H29ClO5.C21H29ClO3/c1-3-4-5-6-15(24)7-9-17-18(12-14-11-16(25)8-10-19(14)23)13(2)20-21(17)28-22(26)27-20;1-2-3-4-5-14(23)6-7-15-16-12-17-18(10-13(16)11-21(15)25)20(24)9-8-19(17)22/h8,10-11,15,17-18,20-21,24-25H,2-7,9,12H2,1H3;8-9,11,14-16,21,23-25H,2-7,10,12H2,1H3/t15-,17+,18-,20+,21-;14-,15+,16-,21+/m00/s1. The van der Waals surface area contributed by atoms with Crippen molar-refractivity contribution in [3.8, 4) is 11.5 Å². The van der Waals surface area contributed by atoms with Gasteiger partial charge in [-0.3, -0.25) is 0 Å². The highest BCUT2D eigenvalue weighted by Gasteiger charge is 2.54. The van der Waals surface area contributed by atoms with E-state index >= 15 is 0 Å². The van der Waals surface area contributed by atoms with Gasteiger partial charge in [-0.1, -0.05) is 93.8 Å². The number of phenolic OH excluding ortho intramolecular Hbond substituents is 2. The van der Waals surface area contributed by atoms with E-state index in [1.54, 1.807) is 30.3 Å². The highest BCUT2D eigenvalue weighted by molar-refractivity contribution is 6.31. The van der Waals surface area contributed by atoms with Crippen LogP contribution in [0.2, 0.25) is 10.0 Å². The summed E-state index contributed by atoms with van der Waals surface area (Å²) in [4.78, 5) is 11.6. The summed E-state index contributed by atoms with van der Waals surface area (Å²) in [5, 5.41) is 52.3. The van der Waals surface area contributed by atoms with Gasteiger partial charge in [-0.05, 0) is 123 Å². The first kappa shape index (κ1) is 41.4. The molecule has 9 atom stereocenters. The molecular formula is C43H58Cl2O8. The Hall–Kier alpha value is -2.75. The zero-order chi connectivity index (χ0) is 38.2. The molecule has 10 heteroatoms. The Kier molecular flexibility index (Phi) is 15.0. The lowest BCUT2D eigenvalue weighted by Crippen LogP contribution is -2.27. The van der Waals surface area contributed by atoms with Crippen LogP contribution in [0, 0.1) is 23.7 Å². The number of allylic oxidation sites excluding steroid dienone is 1.